The highest BCUT2D eigenvalue weighted by Gasteiger charge is 2.20. The fraction of sp³-hybridized carbons (Fsp3) is 1.00. The van der Waals surface area contributed by atoms with Crippen LogP contribution in [0.25, 0.3) is 0 Å². The molecule has 2 heteroatoms. The summed E-state index contributed by atoms with van der Waals surface area (Å²) in [4.78, 5) is 0. The molecule has 2 nitrogen and oxygen atoms in total. The molecule has 0 aromatic carbocycles. The molecule has 0 radical (unpaired) electrons. The summed E-state index contributed by atoms with van der Waals surface area (Å²) in [6.07, 6.45) is 0.0602. The van der Waals surface area contributed by atoms with Gasteiger partial charge in [0.25, 0.3) is 0 Å². The highest BCUT2D eigenvalue weighted by molar-refractivity contribution is 4.72. The van der Waals surface area contributed by atoms with E-state index in [0.717, 1.165) is 0 Å². The Kier molecular flexibility index (Phi) is 3.33. The average Bonchev–Trinajstić information content (AvgIpc) is 1.60. The van der Waals surface area contributed by atoms with Crippen molar-refractivity contribution >= 4 is 0 Å². The van der Waals surface area contributed by atoms with E-state index in [9.17, 15) is 10.2 Å². The van der Waals surface area contributed by atoms with Crippen molar-refractivity contribution in [3.63, 3.8) is 0 Å². The van der Waals surface area contributed by atoms with Crippen LogP contribution in [-0.4, -0.2) is 21.9 Å². The van der Waals surface area contributed by atoms with Gasteiger partial charge in [-0.3, -0.25) is 0 Å². The van der Waals surface area contributed by atoms with Gasteiger partial charge >= 0.3 is 0 Å². The van der Waals surface area contributed by atoms with Crippen molar-refractivity contribution in [2.24, 2.45) is 5.92 Å². The summed E-state index contributed by atoms with van der Waals surface area (Å²) in [5.41, 5.74) is -0.746. The smallest absolute Gasteiger partial charge is 0.0616 e. The molecule has 0 bridgehead atoms. The highest BCUT2D eigenvalue weighted by atomic mass is 16.3. The summed E-state index contributed by atoms with van der Waals surface area (Å²) in [5, 5.41) is 18.6. The first-order valence-corrected chi connectivity index (χ1v) is 3.73. The normalized spacial score (nSPS) is 15.9. The lowest BCUT2D eigenvalue weighted by molar-refractivity contribution is 0.00211. The van der Waals surface area contributed by atoms with Crippen LogP contribution in [-0.2, 0) is 0 Å². The summed E-state index contributed by atoms with van der Waals surface area (Å²) >= 11 is 0. The maximum Gasteiger partial charge on any atom is 0.0616 e. The van der Waals surface area contributed by atoms with Crippen molar-refractivity contribution in [2.75, 3.05) is 0 Å². The highest BCUT2D eigenvalue weighted by Crippen LogP contribution is 2.15. The molecule has 0 fully saturated rings. The molecule has 0 heterocycles. The van der Waals surface area contributed by atoms with E-state index in [1.807, 2.05) is 13.8 Å². The molecule has 1 atom stereocenters. The van der Waals surface area contributed by atoms with Crippen LogP contribution < -0.4 is 0 Å². The molecule has 0 aliphatic carbocycles. The van der Waals surface area contributed by atoms with Crippen LogP contribution in [0.15, 0.2) is 0 Å². The van der Waals surface area contributed by atoms with Crippen molar-refractivity contribution in [2.45, 2.75) is 45.8 Å². The van der Waals surface area contributed by atoms with Crippen LogP contribution in [0.2, 0.25) is 0 Å². The van der Waals surface area contributed by atoms with Crippen LogP contribution in [0.1, 0.15) is 34.1 Å². The summed E-state index contributed by atoms with van der Waals surface area (Å²) in [5.74, 6) is 0.228. The van der Waals surface area contributed by atoms with Gasteiger partial charge in [0, 0.05) is 6.42 Å². The Hall–Kier alpha value is -0.0800. The van der Waals surface area contributed by atoms with Gasteiger partial charge in [-0.05, 0) is 19.8 Å². The van der Waals surface area contributed by atoms with E-state index in [-0.39, 0.29) is 12.0 Å². The molecule has 62 valence electrons. The molecule has 0 unspecified atom stereocenters. The third-order valence-corrected chi connectivity index (χ3v) is 1.48. The predicted octanol–water partition coefficient (Wildman–Crippen LogP) is 1.16. The van der Waals surface area contributed by atoms with Crippen molar-refractivity contribution in [3.8, 4) is 0 Å². The third-order valence-electron chi connectivity index (χ3n) is 1.48. The Labute approximate surface area is 62.9 Å². The largest absolute Gasteiger partial charge is 0.393 e. The molecule has 0 aromatic rings. The molecular weight excluding hydrogens is 128 g/mol. The molecule has 0 rings (SSSR count). The lowest BCUT2D eigenvalue weighted by Gasteiger charge is -2.23. The second-order valence-electron chi connectivity index (χ2n) is 3.83. The van der Waals surface area contributed by atoms with Crippen LogP contribution in [0, 0.1) is 5.92 Å². The van der Waals surface area contributed by atoms with Crippen molar-refractivity contribution in [1.29, 1.82) is 0 Å². The zero-order valence-electron chi connectivity index (χ0n) is 7.26. The van der Waals surface area contributed by atoms with Gasteiger partial charge in [-0.2, -0.15) is 0 Å². The van der Waals surface area contributed by atoms with E-state index in [4.69, 9.17) is 0 Å². The number of aliphatic hydroxyl groups excluding tert-OH is 1. The standard InChI is InChI=1S/C8H18O2/c1-6(2)7(9)5-8(3,4)10/h6-7,9-10H,5H2,1-4H3/t7-/m1/s1. The van der Waals surface area contributed by atoms with E-state index in [2.05, 4.69) is 0 Å². The molecule has 0 saturated heterocycles. The van der Waals surface area contributed by atoms with Crippen molar-refractivity contribution < 1.29 is 10.2 Å². The Bertz CT molecular complexity index is 91.9. The van der Waals surface area contributed by atoms with E-state index < -0.39 is 5.60 Å². The summed E-state index contributed by atoms with van der Waals surface area (Å²) in [6, 6.07) is 0. The number of hydrogen-bond acceptors (Lipinski definition) is 2. The number of hydrogen-bond donors (Lipinski definition) is 2. The lowest BCUT2D eigenvalue weighted by atomic mass is 9.94. The van der Waals surface area contributed by atoms with Crippen LogP contribution in [0.5, 0.6) is 0 Å². The van der Waals surface area contributed by atoms with E-state index in [1.54, 1.807) is 13.8 Å². The first-order chi connectivity index (χ1) is 4.33. The average molecular weight is 146 g/mol. The molecule has 0 spiro atoms. The van der Waals surface area contributed by atoms with Gasteiger partial charge in [0.2, 0.25) is 0 Å². The lowest BCUT2D eigenvalue weighted by Crippen LogP contribution is -2.29. The van der Waals surface area contributed by atoms with Gasteiger partial charge in [0.15, 0.2) is 0 Å². The van der Waals surface area contributed by atoms with E-state index in [1.165, 1.54) is 0 Å². The number of aliphatic hydroxyl groups is 2. The third kappa shape index (κ3) is 4.77. The maximum absolute atomic E-state index is 9.30. The summed E-state index contributed by atoms with van der Waals surface area (Å²) < 4.78 is 0. The topological polar surface area (TPSA) is 40.5 Å². The minimum Gasteiger partial charge on any atom is -0.393 e. The molecule has 10 heavy (non-hydrogen) atoms. The Morgan fingerprint density at radius 3 is 1.80 bits per heavy atom. The van der Waals surface area contributed by atoms with Crippen molar-refractivity contribution in [3.05, 3.63) is 0 Å². The summed E-state index contributed by atoms with van der Waals surface area (Å²) in [7, 11) is 0. The zero-order valence-corrected chi connectivity index (χ0v) is 7.26. The van der Waals surface area contributed by atoms with Crippen LogP contribution >= 0.6 is 0 Å². The minimum atomic E-state index is -0.746. The van der Waals surface area contributed by atoms with E-state index in [0.29, 0.717) is 6.42 Å². The van der Waals surface area contributed by atoms with Crippen LogP contribution in [0.3, 0.4) is 0 Å². The Morgan fingerprint density at radius 1 is 1.30 bits per heavy atom. The monoisotopic (exact) mass is 146 g/mol. The quantitative estimate of drug-likeness (QED) is 0.627. The molecule has 0 amide bonds. The second-order valence-corrected chi connectivity index (χ2v) is 3.83. The molecule has 2 N–H and O–H groups in total. The molecule has 0 aromatic heterocycles. The Balaban J connectivity index is 3.68. The first-order valence-electron chi connectivity index (χ1n) is 3.73. The van der Waals surface area contributed by atoms with Gasteiger partial charge in [-0.15, -0.1) is 0 Å². The molecule has 0 aliphatic rings. The molecular formula is C8H18O2. The predicted molar refractivity (Wildman–Crippen MR) is 41.8 cm³/mol. The van der Waals surface area contributed by atoms with Crippen molar-refractivity contribution in [1.82, 2.24) is 0 Å². The molecule has 0 saturated carbocycles. The minimum absolute atomic E-state index is 0.228. The van der Waals surface area contributed by atoms with E-state index >= 15 is 0 Å². The first kappa shape index (κ1) is 9.92. The Morgan fingerprint density at radius 2 is 1.70 bits per heavy atom. The zero-order chi connectivity index (χ0) is 8.36. The summed E-state index contributed by atoms with van der Waals surface area (Å²) in [6.45, 7) is 7.30. The van der Waals surface area contributed by atoms with Gasteiger partial charge in [-0.25, -0.2) is 0 Å². The van der Waals surface area contributed by atoms with Gasteiger partial charge in [0.1, 0.15) is 0 Å². The van der Waals surface area contributed by atoms with Gasteiger partial charge in [-0.1, -0.05) is 13.8 Å². The SMILES string of the molecule is CC(C)[C@H](O)CC(C)(C)O. The van der Waals surface area contributed by atoms with Gasteiger partial charge < -0.3 is 10.2 Å². The van der Waals surface area contributed by atoms with Crippen LogP contribution in [0.4, 0.5) is 0 Å². The van der Waals surface area contributed by atoms with Gasteiger partial charge in [0.05, 0.1) is 11.7 Å². The fourth-order valence-corrected chi connectivity index (χ4v) is 0.748. The maximum atomic E-state index is 9.30. The fourth-order valence-electron chi connectivity index (χ4n) is 0.748. The second kappa shape index (κ2) is 3.35. The molecule has 0 aliphatic heterocycles. The number of rotatable bonds is 3.